The van der Waals surface area contributed by atoms with Crippen LogP contribution in [0.15, 0.2) is 222 Å². The summed E-state index contributed by atoms with van der Waals surface area (Å²) in [5.74, 6) is 4.40. The topological polar surface area (TPSA) is 443 Å². The Labute approximate surface area is 732 Å². The number of hydrogen-bond donors (Lipinski definition) is 9. The van der Waals surface area contributed by atoms with Gasteiger partial charge in [-0.1, -0.05) is 141 Å². The number of nitrogens with one attached hydrogen (secondary N) is 3. The van der Waals surface area contributed by atoms with Gasteiger partial charge < -0.3 is 59.8 Å². The van der Waals surface area contributed by atoms with Crippen LogP contribution in [0.1, 0.15) is 92.1 Å². The molecule has 6 aromatic carbocycles. The number of fused-ring (bicyclic) bond motifs is 1. The fourth-order valence-electron chi connectivity index (χ4n) is 12.3. The molecule has 0 unspecified atom stereocenters. The van der Waals surface area contributed by atoms with E-state index >= 15 is 0 Å². The number of nitrogen functional groups attached to an aromatic ring is 6. The number of rotatable bonds is 19. The Morgan fingerprint density at radius 1 is 0.480 bits per heavy atom. The Kier molecular flexibility index (Phi) is 31.5. The lowest BCUT2D eigenvalue weighted by molar-refractivity contribution is -0.140. The summed E-state index contributed by atoms with van der Waals surface area (Å²) in [6.07, 6.45) is 5.52. The minimum Gasteiger partial charge on any atom is -0.496 e. The number of nitrogens with zero attached hydrogens (tertiary/aromatic N) is 16. The lowest BCUT2D eigenvalue weighted by atomic mass is 9.97. The van der Waals surface area contributed by atoms with Gasteiger partial charge in [-0.15, -0.1) is 0 Å². The Morgan fingerprint density at radius 3 is 1.54 bits per heavy atom. The third kappa shape index (κ3) is 25.8. The quantitative estimate of drug-likeness (QED) is 0.0363. The van der Waals surface area contributed by atoms with E-state index < -0.39 is 21.9 Å². The molecule has 0 aliphatic heterocycles. The van der Waals surface area contributed by atoms with E-state index in [1.807, 2.05) is 137 Å². The molecular formula is C91H99BrF3N25O4S. The van der Waals surface area contributed by atoms with Gasteiger partial charge in [0.25, 0.3) is 10.0 Å². The number of pyridine rings is 1. The van der Waals surface area contributed by atoms with E-state index in [0.717, 1.165) is 126 Å². The predicted molar refractivity (Wildman–Crippen MR) is 493 cm³/mol. The first-order valence-electron chi connectivity index (χ1n) is 39.5. The Bertz CT molecular complexity index is 6310. The summed E-state index contributed by atoms with van der Waals surface area (Å²) in [4.78, 5) is 61.4. The summed E-state index contributed by atoms with van der Waals surface area (Å²) in [6.45, 7) is 21.8. The first-order valence-corrected chi connectivity index (χ1v) is 41.7. The van der Waals surface area contributed by atoms with Gasteiger partial charge in [0.05, 0.1) is 51.7 Å². The number of benzene rings is 6. The maximum Gasteiger partial charge on any atom is 0.434 e. The molecule has 0 bridgehead atoms. The van der Waals surface area contributed by atoms with E-state index in [4.69, 9.17) is 43.9 Å². The highest BCUT2D eigenvalue weighted by Crippen LogP contribution is 2.38. The summed E-state index contributed by atoms with van der Waals surface area (Å²) < 4.78 is 79.0. The molecule has 0 spiro atoms. The molecule has 34 heteroatoms. The van der Waals surface area contributed by atoms with Gasteiger partial charge in [0.2, 0.25) is 35.7 Å². The Morgan fingerprint density at radius 2 is 0.984 bits per heavy atom. The van der Waals surface area contributed by atoms with Crippen LogP contribution in [-0.2, 0) is 42.1 Å². The highest BCUT2D eigenvalue weighted by atomic mass is 79.9. The third-order valence-electron chi connectivity index (χ3n) is 18.6. The van der Waals surface area contributed by atoms with Gasteiger partial charge in [0, 0.05) is 124 Å². The number of para-hydroxylation sites is 1. The van der Waals surface area contributed by atoms with Crippen LogP contribution in [0, 0.1) is 33.1 Å². The molecule has 0 saturated carbocycles. The van der Waals surface area contributed by atoms with Gasteiger partial charge >= 0.3 is 6.18 Å². The second kappa shape index (κ2) is 42.4. The molecule has 9 aromatic heterocycles. The van der Waals surface area contributed by atoms with E-state index in [9.17, 15) is 21.6 Å². The molecule has 0 fully saturated rings. The van der Waals surface area contributed by atoms with Crippen molar-refractivity contribution in [3.05, 3.63) is 268 Å². The van der Waals surface area contributed by atoms with Crippen LogP contribution in [0.3, 0.4) is 0 Å². The van der Waals surface area contributed by atoms with Gasteiger partial charge in [-0.05, 0) is 160 Å². The van der Waals surface area contributed by atoms with Gasteiger partial charge in [0.1, 0.15) is 41.9 Å². The van der Waals surface area contributed by atoms with E-state index in [1.54, 1.807) is 76.2 Å². The first kappa shape index (κ1) is 92.9. The van der Waals surface area contributed by atoms with Crippen molar-refractivity contribution in [2.24, 2.45) is 5.41 Å². The molecule has 0 atom stereocenters. The molecule has 9 heterocycles. The molecule has 646 valence electrons. The maximum absolute atomic E-state index is 13.4. The highest BCUT2D eigenvalue weighted by Gasteiger charge is 2.36. The number of nitrogens with two attached hydrogens (primary N) is 6. The zero-order valence-corrected chi connectivity index (χ0v) is 73.8. The van der Waals surface area contributed by atoms with Crippen LogP contribution in [0.2, 0.25) is 0 Å². The molecule has 125 heavy (non-hydrogen) atoms. The number of ether oxygens (including phenoxy) is 2. The van der Waals surface area contributed by atoms with E-state index in [-0.39, 0.29) is 51.3 Å². The highest BCUT2D eigenvalue weighted by molar-refractivity contribution is 9.10. The molecule has 15 N–H and O–H groups in total. The summed E-state index contributed by atoms with van der Waals surface area (Å²) in [6, 6.07) is 55.9. The molecule has 0 aliphatic rings. The van der Waals surface area contributed by atoms with Crippen molar-refractivity contribution in [3.63, 3.8) is 0 Å². The number of aryl methyl sites for hydroxylation is 7. The van der Waals surface area contributed by atoms with Crippen molar-refractivity contribution in [1.82, 2.24) is 78.7 Å². The number of hydrogen-bond acceptors (Lipinski definition) is 28. The minimum atomic E-state index is -4.56. The first-order chi connectivity index (χ1) is 59.6. The monoisotopic (exact) mass is 1770 g/mol. The zero-order chi connectivity index (χ0) is 90.3. The molecule has 0 saturated heterocycles. The van der Waals surface area contributed by atoms with Crippen molar-refractivity contribution in [3.8, 4) is 79.0 Å². The van der Waals surface area contributed by atoms with Crippen molar-refractivity contribution in [1.29, 1.82) is 0 Å². The molecule has 29 nitrogen and oxygen atoms in total. The van der Waals surface area contributed by atoms with Crippen LogP contribution >= 0.6 is 15.9 Å². The van der Waals surface area contributed by atoms with Gasteiger partial charge in [-0.2, -0.15) is 28.1 Å². The second-order valence-electron chi connectivity index (χ2n) is 29.4. The van der Waals surface area contributed by atoms with Gasteiger partial charge in [-0.3, -0.25) is 4.98 Å². The third-order valence-corrected chi connectivity index (χ3v) is 20.8. The fourth-order valence-corrected chi connectivity index (χ4v) is 14.1. The molecule has 0 radical (unpaired) electrons. The van der Waals surface area contributed by atoms with E-state index in [0.29, 0.717) is 53.3 Å². The molecule has 0 aliphatic carbocycles. The van der Waals surface area contributed by atoms with Gasteiger partial charge in [-0.25, -0.2) is 67.2 Å². The van der Waals surface area contributed by atoms with Crippen molar-refractivity contribution in [2.75, 3.05) is 78.1 Å². The van der Waals surface area contributed by atoms with Crippen molar-refractivity contribution in [2.45, 2.75) is 106 Å². The number of alkyl halides is 3. The largest absolute Gasteiger partial charge is 0.496 e. The maximum atomic E-state index is 13.4. The molecule has 15 rings (SSSR count). The van der Waals surface area contributed by atoms with Crippen LogP contribution in [0.5, 0.6) is 11.5 Å². The van der Waals surface area contributed by atoms with E-state index in [1.165, 1.54) is 39.6 Å². The van der Waals surface area contributed by atoms with Crippen LogP contribution < -0.4 is 59.8 Å². The SMILES string of the molecule is CCc1cc(-c2cc(Br)ccc2OC)nc(N)n1.CCc1cc(-c2cc(C)ccc2C)nc(N)n1.CCc1cc(-c2cncnc2)nc(N)n1.CNc1cc(-c2ccc(OCc3ccccc3)cc2C)nc(N)n1.CNc1cc(-c2cccnc2C(F)(F)F)nc(N)n1.Cc1ccc(S(=O)(=O)n2cc(-c3cc(NCC(C)(C)C)nc(N)n3)c3ccccc32)cc1. The van der Waals surface area contributed by atoms with Crippen molar-refractivity contribution < 1.29 is 31.1 Å². The lowest BCUT2D eigenvalue weighted by Gasteiger charge is -2.19. The smallest absolute Gasteiger partial charge is 0.434 e. The minimum absolute atomic E-state index is 0.0536. The van der Waals surface area contributed by atoms with Crippen LogP contribution in [0.25, 0.3) is 78.4 Å². The van der Waals surface area contributed by atoms with E-state index in [2.05, 4.69) is 166 Å². The average molecular weight is 1780 g/mol. The van der Waals surface area contributed by atoms with Crippen LogP contribution in [0.4, 0.5) is 66.3 Å². The van der Waals surface area contributed by atoms with Crippen LogP contribution in [-0.4, -0.2) is 115 Å². The Balaban J connectivity index is 0.000000160. The average Bonchev–Trinajstić information content (AvgIpc) is 1.59. The number of halogens is 4. The lowest BCUT2D eigenvalue weighted by Crippen LogP contribution is -2.20. The second-order valence-corrected chi connectivity index (χ2v) is 32.1. The zero-order valence-electron chi connectivity index (χ0n) is 71.4. The number of methoxy groups -OCH3 is 1. The van der Waals surface area contributed by atoms with Crippen molar-refractivity contribution >= 4 is 90.0 Å². The molecule has 0 amide bonds. The predicted octanol–water partition coefficient (Wildman–Crippen LogP) is 17.6. The molecule has 15 aromatic rings. The normalized spacial score (nSPS) is 11.0. The standard InChI is InChI=1S/C24H27N5O2S.C19H20N4O.C14H17N3.C13H14BrN3O.C11H10F3N5.C10H11N5/c1-16-9-11-17(12-10-16)32(30,31)29-14-19(18-7-5-6-8-21(18)29)20-13-22(28-23(25)27-20)26-15-24(2,3)4;1-13-10-15(24-12-14-6-4-3-5-7-14)8-9-16(13)17-11-18(21-2)23-19(20)22-17;1-4-11-8-13(17-14(15)16-11)12-7-9(2)5-6-10(12)3;1-3-9-7-11(17-13(15)16-9)10-6-8(14)4-5-12(10)18-2;1-16-8-5-7(18-10(15)19-8)6-3-2-4-17-9(6)11(12,13)14;1-2-8-3-9(15-10(11)14-8)7-4-12-6-13-5-7/h5-14H,15H2,1-4H3,(H3,25,26,27,28);3-11H,12H2,1-2H3,(H3,20,21,22,23);5-8H,4H2,1-3H3,(H2,15,16,17);4-7H,3H2,1-2H3,(H2,15,16,17);2-5H,1H3,(H3,15,16,18,19);3-6H,2H2,1H3,(H2,11,14,15). The number of anilines is 9. The summed E-state index contributed by atoms with van der Waals surface area (Å²) in [5.41, 5.74) is 50.7. The summed E-state index contributed by atoms with van der Waals surface area (Å²) >= 11 is 3.45. The Hall–Kier alpha value is -14.4. The fraction of sp³-hybridized carbons (Fsp3) is 0.220. The summed E-state index contributed by atoms with van der Waals surface area (Å²) in [7, 11) is 1.23. The summed E-state index contributed by atoms with van der Waals surface area (Å²) in [5, 5.41) is 9.76. The molecular weight excluding hydrogens is 1680 g/mol. The number of aromatic nitrogens is 16. The van der Waals surface area contributed by atoms with Gasteiger partial charge in [0.15, 0.2) is 5.69 Å².